The van der Waals surface area contributed by atoms with Crippen LogP contribution in [-0.2, 0) is 0 Å². The summed E-state index contributed by atoms with van der Waals surface area (Å²) in [4.78, 5) is 14.1. The highest BCUT2D eigenvalue weighted by Crippen LogP contribution is 2.40. The van der Waals surface area contributed by atoms with E-state index in [4.69, 9.17) is 0 Å². The van der Waals surface area contributed by atoms with Gasteiger partial charge in [-0.15, -0.1) is 11.8 Å². The maximum Gasteiger partial charge on any atom is 0.239 e. The second kappa shape index (κ2) is 8.20. The molecule has 1 heterocycles. The third-order valence-corrected chi connectivity index (χ3v) is 5.43. The van der Waals surface area contributed by atoms with Gasteiger partial charge in [-0.3, -0.25) is 10.1 Å². The maximum atomic E-state index is 10.8. The van der Waals surface area contributed by atoms with Gasteiger partial charge in [0, 0.05) is 23.5 Å². The van der Waals surface area contributed by atoms with Crippen molar-refractivity contribution in [1.29, 1.82) is 0 Å². The average molecular weight is 344 g/mol. The average Bonchev–Trinajstić information content (AvgIpc) is 2.91. The lowest BCUT2D eigenvalue weighted by atomic mass is 10.0. The lowest BCUT2D eigenvalue weighted by molar-refractivity contribution is -0.424. The highest BCUT2D eigenvalue weighted by molar-refractivity contribution is 7.99. The van der Waals surface area contributed by atoms with Crippen LogP contribution in [0.1, 0.15) is 43.7 Å². The van der Waals surface area contributed by atoms with E-state index in [1.807, 2.05) is 24.8 Å². The number of allylic oxidation sites excluding steroid dienone is 3. The zero-order valence-corrected chi connectivity index (χ0v) is 15.4. The molecule has 0 radical (unpaired) electrons. The second-order valence-corrected chi connectivity index (χ2v) is 7.10. The number of fused-ring (bicyclic) bond motifs is 1. The van der Waals surface area contributed by atoms with Gasteiger partial charge in [0.15, 0.2) is 0 Å². The van der Waals surface area contributed by atoms with Crippen molar-refractivity contribution in [1.82, 2.24) is 4.98 Å². The first-order valence-electron chi connectivity index (χ1n) is 8.14. The molecule has 0 aliphatic rings. The van der Waals surface area contributed by atoms with Crippen LogP contribution in [0, 0.1) is 17.0 Å². The highest BCUT2D eigenvalue weighted by atomic mass is 32.2. The number of para-hydroxylation sites is 1. The number of thioether (sulfide) groups is 1. The Labute approximate surface area is 147 Å². The molecule has 2 aromatic rings. The molecule has 5 heteroatoms. The molecule has 24 heavy (non-hydrogen) atoms. The Morgan fingerprint density at radius 2 is 2.12 bits per heavy atom. The van der Waals surface area contributed by atoms with Gasteiger partial charge < -0.3 is 4.98 Å². The zero-order chi connectivity index (χ0) is 17.7. The number of H-pyrrole nitrogens is 1. The van der Waals surface area contributed by atoms with Gasteiger partial charge in [0.05, 0.1) is 10.2 Å². The summed E-state index contributed by atoms with van der Waals surface area (Å²) in [7, 11) is 0. The molecule has 1 atom stereocenters. The van der Waals surface area contributed by atoms with Gasteiger partial charge in [-0.05, 0) is 43.7 Å². The predicted molar refractivity (Wildman–Crippen MR) is 103 cm³/mol. The predicted octanol–water partition coefficient (Wildman–Crippen LogP) is 5.79. The van der Waals surface area contributed by atoms with Gasteiger partial charge in [-0.2, -0.15) is 0 Å². The first kappa shape index (κ1) is 18.3. The van der Waals surface area contributed by atoms with E-state index in [0.717, 1.165) is 11.3 Å². The van der Waals surface area contributed by atoms with Crippen LogP contribution in [0.15, 0.2) is 47.7 Å². The van der Waals surface area contributed by atoms with E-state index in [-0.39, 0.29) is 15.9 Å². The summed E-state index contributed by atoms with van der Waals surface area (Å²) in [6, 6.07) is 8.30. The minimum Gasteiger partial charge on any atom is -0.357 e. The summed E-state index contributed by atoms with van der Waals surface area (Å²) >= 11 is 1.85. The molecule has 1 unspecified atom stereocenters. The summed E-state index contributed by atoms with van der Waals surface area (Å²) in [6.07, 6.45) is 4.38. The molecule has 1 aromatic heterocycles. The molecular formula is C19H24N2O2S. The van der Waals surface area contributed by atoms with Crippen LogP contribution in [0.25, 0.3) is 10.9 Å². The van der Waals surface area contributed by atoms with Crippen molar-refractivity contribution in [3.63, 3.8) is 0 Å². The van der Waals surface area contributed by atoms with E-state index in [1.54, 1.807) is 13.0 Å². The summed E-state index contributed by atoms with van der Waals surface area (Å²) in [5, 5.41) is 12.3. The number of rotatable bonds is 7. The van der Waals surface area contributed by atoms with Crippen molar-refractivity contribution in [3.8, 4) is 0 Å². The molecule has 0 aliphatic heterocycles. The number of aryl methyl sites for hydroxylation is 1. The molecule has 128 valence electrons. The number of nitrogens with one attached hydrogen (secondary N) is 1. The molecule has 0 spiro atoms. The molecule has 0 saturated heterocycles. The zero-order valence-electron chi connectivity index (χ0n) is 14.6. The molecule has 0 fully saturated rings. The Morgan fingerprint density at radius 1 is 1.42 bits per heavy atom. The van der Waals surface area contributed by atoms with Crippen molar-refractivity contribution >= 4 is 22.7 Å². The minimum atomic E-state index is -0.330. The largest absolute Gasteiger partial charge is 0.357 e. The summed E-state index contributed by atoms with van der Waals surface area (Å²) in [6.45, 7) is 7.83. The first-order chi connectivity index (χ1) is 11.5. The van der Waals surface area contributed by atoms with Crippen LogP contribution in [0.2, 0.25) is 0 Å². The Balaban J connectivity index is 2.41. The monoisotopic (exact) mass is 344 g/mol. The van der Waals surface area contributed by atoms with Crippen LogP contribution in [0.3, 0.4) is 0 Å². The summed E-state index contributed by atoms with van der Waals surface area (Å²) in [5.41, 5.74) is 4.98. The van der Waals surface area contributed by atoms with Crippen molar-refractivity contribution in [3.05, 3.63) is 69.1 Å². The van der Waals surface area contributed by atoms with Gasteiger partial charge >= 0.3 is 0 Å². The molecule has 1 N–H and O–H groups in total. The molecular weight excluding hydrogens is 320 g/mol. The Bertz CT molecular complexity index is 790. The smallest absolute Gasteiger partial charge is 0.239 e. The fraction of sp³-hybridized carbons (Fsp3) is 0.368. The molecule has 1 aromatic carbocycles. The lowest BCUT2D eigenvalue weighted by Gasteiger charge is -2.19. The van der Waals surface area contributed by atoms with Gasteiger partial charge in [-0.1, -0.05) is 36.8 Å². The van der Waals surface area contributed by atoms with Crippen molar-refractivity contribution in [2.24, 2.45) is 0 Å². The van der Waals surface area contributed by atoms with Crippen LogP contribution in [0.5, 0.6) is 0 Å². The van der Waals surface area contributed by atoms with Crippen LogP contribution >= 0.6 is 11.8 Å². The highest BCUT2D eigenvalue weighted by Gasteiger charge is 2.21. The maximum absolute atomic E-state index is 10.8. The van der Waals surface area contributed by atoms with Crippen LogP contribution < -0.4 is 0 Å². The summed E-state index contributed by atoms with van der Waals surface area (Å²) in [5.74, 6) is 0.981. The minimum absolute atomic E-state index is 0.184. The topological polar surface area (TPSA) is 58.9 Å². The van der Waals surface area contributed by atoms with Crippen LogP contribution in [0.4, 0.5) is 0 Å². The molecule has 0 aliphatic carbocycles. The van der Waals surface area contributed by atoms with E-state index in [9.17, 15) is 10.1 Å². The molecule has 0 saturated carbocycles. The van der Waals surface area contributed by atoms with Gasteiger partial charge in [0.25, 0.3) is 0 Å². The fourth-order valence-corrected chi connectivity index (χ4v) is 4.01. The van der Waals surface area contributed by atoms with E-state index < -0.39 is 0 Å². The van der Waals surface area contributed by atoms with E-state index in [2.05, 4.69) is 43.1 Å². The van der Waals surface area contributed by atoms with E-state index in [1.165, 1.54) is 22.2 Å². The molecule has 0 bridgehead atoms. The fourth-order valence-electron chi connectivity index (χ4n) is 2.82. The third kappa shape index (κ3) is 3.90. The first-order valence-corrected chi connectivity index (χ1v) is 9.19. The quantitative estimate of drug-likeness (QED) is 0.393. The van der Waals surface area contributed by atoms with Crippen molar-refractivity contribution in [2.45, 2.75) is 39.4 Å². The third-order valence-electron chi connectivity index (χ3n) is 4.23. The standard InChI is InChI=1S/C19H24N2O2S/c1-5-15(12-11-13(3)21(22)23)19(24-6-2)18-14(4)16-9-7-8-10-17(16)20-18/h5,7-11,19-20H,6,12H2,1-4H3/b13-11+,15-5+. The second-order valence-electron chi connectivity index (χ2n) is 5.71. The Kier molecular flexibility index (Phi) is 6.26. The van der Waals surface area contributed by atoms with Gasteiger partial charge in [0.1, 0.15) is 0 Å². The van der Waals surface area contributed by atoms with Gasteiger partial charge in [-0.25, -0.2) is 0 Å². The number of nitro groups is 1. The molecule has 4 nitrogen and oxygen atoms in total. The number of aromatic amines is 1. The Hall–Kier alpha value is -2.01. The number of nitrogens with zero attached hydrogens (tertiary/aromatic N) is 1. The van der Waals surface area contributed by atoms with Gasteiger partial charge in [0.2, 0.25) is 5.70 Å². The van der Waals surface area contributed by atoms with Crippen molar-refractivity contribution in [2.75, 3.05) is 5.75 Å². The number of hydrogen-bond acceptors (Lipinski definition) is 3. The Morgan fingerprint density at radius 3 is 2.71 bits per heavy atom. The molecule has 0 amide bonds. The normalized spacial score (nSPS) is 14.2. The van der Waals surface area contributed by atoms with Crippen LogP contribution in [-0.4, -0.2) is 15.7 Å². The lowest BCUT2D eigenvalue weighted by Crippen LogP contribution is -2.02. The molecule has 2 rings (SSSR count). The SMILES string of the molecule is C/C=C(\C/C=C(\C)[N+](=O)[O-])C(SCC)c1[nH]c2ccccc2c1C. The number of aromatic nitrogens is 1. The number of benzene rings is 1. The van der Waals surface area contributed by atoms with E-state index >= 15 is 0 Å². The summed E-state index contributed by atoms with van der Waals surface area (Å²) < 4.78 is 0. The van der Waals surface area contributed by atoms with E-state index in [0.29, 0.717) is 6.42 Å². The van der Waals surface area contributed by atoms with Crippen molar-refractivity contribution < 1.29 is 4.92 Å². The number of hydrogen-bond donors (Lipinski definition) is 1.